The van der Waals surface area contributed by atoms with Crippen molar-refractivity contribution >= 4 is 11.0 Å². The fourth-order valence-corrected chi connectivity index (χ4v) is 2.54. The SMILES string of the molecule is c1ccc(COc2ccc3cc(Cn4ccnc4)oc3c2)cc1. The van der Waals surface area contributed by atoms with Gasteiger partial charge >= 0.3 is 0 Å². The monoisotopic (exact) mass is 304 g/mol. The van der Waals surface area contributed by atoms with Gasteiger partial charge in [0.05, 0.1) is 12.9 Å². The van der Waals surface area contributed by atoms with Crippen LogP contribution in [0.5, 0.6) is 5.75 Å². The quantitative estimate of drug-likeness (QED) is 0.553. The first-order chi connectivity index (χ1) is 11.4. The molecule has 0 aliphatic rings. The van der Waals surface area contributed by atoms with Crippen molar-refractivity contribution in [2.75, 3.05) is 0 Å². The summed E-state index contributed by atoms with van der Waals surface area (Å²) in [5, 5.41) is 1.08. The second kappa shape index (κ2) is 6.01. The zero-order valence-electron chi connectivity index (χ0n) is 12.6. The molecular formula is C19H16N2O2. The highest BCUT2D eigenvalue weighted by molar-refractivity contribution is 5.79. The lowest BCUT2D eigenvalue weighted by molar-refractivity contribution is 0.306. The van der Waals surface area contributed by atoms with Crippen molar-refractivity contribution in [3.05, 3.63) is 84.6 Å². The largest absolute Gasteiger partial charge is 0.489 e. The van der Waals surface area contributed by atoms with Crippen LogP contribution in [0, 0.1) is 0 Å². The summed E-state index contributed by atoms with van der Waals surface area (Å²) in [7, 11) is 0. The molecule has 2 aromatic carbocycles. The zero-order chi connectivity index (χ0) is 15.5. The lowest BCUT2D eigenvalue weighted by Crippen LogP contribution is -1.94. The molecule has 0 unspecified atom stereocenters. The van der Waals surface area contributed by atoms with Crippen LogP contribution in [0.2, 0.25) is 0 Å². The number of hydrogen-bond donors (Lipinski definition) is 0. The van der Waals surface area contributed by atoms with Gasteiger partial charge in [-0.15, -0.1) is 0 Å². The predicted molar refractivity (Wildman–Crippen MR) is 88.3 cm³/mol. The molecule has 4 nitrogen and oxygen atoms in total. The van der Waals surface area contributed by atoms with Gasteiger partial charge in [-0.3, -0.25) is 0 Å². The third kappa shape index (κ3) is 3.11. The first kappa shape index (κ1) is 13.6. The van der Waals surface area contributed by atoms with Gasteiger partial charge in [0.1, 0.15) is 23.7 Å². The van der Waals surface area contributed by atoms with Crippen LogP contribution >= 0.6 is 0 Å². The van der Waals surface area contributed by atoms with Crippen molar-refractivity contribution in [2.45, 2.75) is 13.2 Å². The number of ether oxygens (including phenoxy) is 1. The molecule has 2 heterocycles. The highest BCUT2D eigenvalue weighted by Crippen LogP contribution is 2.25. The summed E-state index contributed by atoms with van der Waals surface area (Å²) in [5.74, 6) is 1.71. The van der Waals surface area contributed by atoms with E-state index in [0.717, 1.165) is 28.0 Å². The molecule has 0 bridgehead atoms. The molecule has 114 valence electrons. The average molecular weight is 304 g/mol. The number of hydrogen-bond acceptors (Lipinski definition) is 3. The summed E-state index contributed by atoms with van der Waals surface area (Å²) >= 11 is 0. The first-order valence-corrected chi connectivity index (χ1v) is 7.52. The standard InChI is InChI=1S/C19H16N2O2/c1-2-4-15(5-3-1)13-22-17-7-6-16-10-18(23-19(16)11-17)12-21-9-8-20-14-21/h1-11,14H,12-13H2. The maximum absolute atomic E-state index is 5.91. The Bertz CT molecular complexity index is 896. The van der Waals surface area contributed by atoms with Crippen molar-refractivity contribution < 1.29 is 9.15 Å². The van der Waals surface area contributed by atoms with Crippen molar-refractivity contribution in [3.8, 4) is 5.75 Å². The van der Waals surface area contributed by atoms with Gasteiger partial charge in [0.15, 0.2) is 0 Å². The Labute approximate surface area is 134 Å². The molecule has 0 radical (unpaired) electrons. The van der Waals surface area contributed by atoms with E-state index < -0.39 is 0 Å². The lowest BCUT2D eigenvalue weighted by Gasteiger charge is -2.05. The molecule has 2 aromatic heterocycles. The molecule has 0 aliphatic carbocycles. The number of imidazole rings is 1. The fourth-order valence-electron chi connectivity index (χ4n) is 2.54. The second-order valence-corrected chi connectivity index (χ2v) is 5.42. The number of benzene rings is 2. The highest BCUT2D eigenvalue weighted by Gasteiger charge is 2.06. The van der Waals surface area contributed by atoms with Crippen LogP contribution in [0.4, 0.5) is 0 Å². The van der Waals surface area contributed by atoms with Crippen molar-refractivity contribution in [3.63, 3.8) is 0 Å². The Hall–Kier alpha value is -3.01. The van der Waals surface area contributed by atoms with Gasteiger partial charge in [-0.1, -0.05) is 30.3 Å². The van der Waals surface area contributed by atoms with Gasteiger partial charge < -0.3 is 13.7 Å². The Morgan fingerprint density at radius 3 is 2.78 bits per heavy atom. The van der Waals surface area contributed by atoms with Crippen LogP contribution < -0.4 is 4.74 Å². The smallest absolute Gasteiger partial charge is 0.138 e. The molecule has 0 saturated heterocycles. The summed E-state index contributed by atoms with van der Waals surface area (Å²) in [6.45, 7) is 1.23. The van der Waals surface area contributed by atoms with Crippen LogP contribution in [0.25, 0.3) is 11.0 Å². The van der Waals surface area contributed by atoms with Crippen molar-refractivity contribution in [1.82, 2.24) is 9.55 Å². The first-order valence-electron chi connectivity index (χ1n) is 7.52. The van der Waals surface area contributed by atoms with E-state index >= 15 is 0 Å². The maximum Gasteiger partial charge on any atom is 0.138 e. The molecular weight excluding hydrogens is 288 g/mol. The van der Waals surface area contributed by atoms with Gasteiger partial charge in [-0.2, -0.15) is 0 Å². The maximum atomic E-state index is 5.91. The molecule has 0 aliphatic heterocycles. The third-order valence-corrected chi connectivity index (χ3v) is 3.69. The molecule has 0 saturated carbocycles. The Kier molecular flexibility index (Phi) is 3.56. The Morgan fingerprint density at radius 1 is 1.04 bits per heavy atom. The Balaban J connectivity index is 1.51. The fraction of sp³-hybridized carbons (Fsp3) is 0.105. The molecule has 4 heteroatoms. The van der Waals surface area contributed by atoms with Gasteiger partial charge in [0.25, 0.3) is 0 Å². The van der Waals surface area contributed by atoms with Crippen LogP contribution in [0.1, 0.15) is 11.3 Å². The summed E-state index contributed by atoms with van der Waals surface area (Å²) in [4.78, 5) is 4.04. The second-order valence-electron chi connectivity index (χ2n) is 5.42. The summed E-state index contributed by atoms with van der Waals surface area (Å²) in [6, 6.07) is 18.1. The lowest BCUT2D eigenvalue weighted by atomic mass is 10.2. The molecule has 0 amide bonds. The van der Waals surface area contributed by atoms with Crippen LogP contribution in [0.3, 0.4) is 0 Å². The Morgan fingerprint density at radius 2 is 1.96 bits per heavy atom. The van der Waals surface area contributed by atoms with E-state index in [0.29, 0.717) is 13.2 Å². The zero-order valence-corrected chi connectivity index (χ0v) is 12.6. The van der Waals surface area contributed by atoms with Gasteiger partial charge in [0, 0.05) is 23.8 Å². The molecule has 0 N–H and O–H groups in total. The molecule has 4 rings (SSSR count). The highest BCUT2D eigenvalue weighted by atomic mass is 16.5. The number of rotatable bonds is 5. The summed E-state index contributed by atoms with van der Waals surface area (Å²) in [5.41, 5.74) is 1.98. The molecule has 23 heavy (non-hydrogen) atoms. The van der Waals surface area contributed by atoms with E-state index in [2.05, 4.69) is 23.2 Å². The predicted octanol–water partition coefficient (Wildman–Crippen LogP) is 4.26. The topological polar surface area (TPSA) is 40.2 Å². The van der Waals surface area contributed by atoms with Crippen LogP contribution in [0.15, 0.2) is 77.7 Å². The van der Waals surface area contributed by atoms with Gasteiger partial charge in [0.2, 0.25) is 0 Å². The van der Waals surface area contributed by atoms with E-state index in [-0.39, 0.29) is 0 Å². The van der Waals surface area contributed by atoms with Crippen molar-refractivity contribution in [1.29, 1.82) is 0 Å². The molecule has 4 aromatic rings. The summed E-state index contributed by atoms with van der Waals surface area (Å²) in [6.07, 6.45) is 5.46. The van der Waals surface area contributed by atoms with E-state index in [1.165, 1.54) is 0 Å². The minimum Gasteiger partial charge on any atom is -0.489 e. The molecule has 0 spiro atoms. The van der Waals surface area contributed by atoms with E-state index in [1.54, 1.807) is 12.5 Å². The van der Waals surface area contributed by atoms with Gasteiger partial charge in [-0.25, -0.2) is 4.98 Å². The molecule has 0 fully saturated rings. The van der Waals surface area contributed by atoms with E-state index in [1.807, 2.05) is 47.2 Å². The minimum absolute atomic E-state index is 0.551. The number of nitrogens with zero attached hydrogens (tertiary/aromatic N) is 2. The number of fused-ring (bicyclic) bond motifs is 1. The number of aromatic nitrogens is 2. The van der Waals surface area contributed by atoms with E-state index in [4.69, 9.17) is 9.15 Å². The average Bonchev–Trinajstić information content (AvgIpc) is 3.23. The van der Waals surface area contributed by atoms with Gasteiger partial charge in [-0.05, 0) is 23.8 Å². The minimum atomic E-state index is 0.551. The number of furan rings is 1. The third-order valence-electron chi connectivity index (χ3n) is 3.69. The molecule has 0 atom stereocenters. The normalized spacial score (nSPS) is 11.0. The summed E-state index contributed by atoms with van der Waals surface area (Å²) < 4.78 is 13.7. The van der Waals surface area contributed by atoms with Crippen molar-refractivity contribution in [2.24, 2.45) is 0 Å². The van der Waals surface area contributed by atoms with Crippen LogP contribution in [-0.4, -0.2) is 9.55 Å². The van der Waals surface area contributed by atoms with E-state index in [9.17, 15) is 0 Å². The van der Waals surface area contributed by atoms with Crippen LogP contribution in [-0.2, 0) is 13.2 Å².